The first kappa shape index (κ1) is 18.0. The summed E-state index contributed by atoms with van der Waals surface area (Å²) >= 11 is 2.99. The molecule has 1 heterocycles. The lowest BCUT2D eigenvalue weighted by molar-refractivity contribution is -0.113. The number of thiophene rings is 1. The minimum absolute atomic E-state index is 0.111. The number of fused-ring (bicyclic) bond motifs is 1. The molecule has 6 heteroatoms. The highest BCUT2D eigenvalue weighted by molar-refractivity contribution is 8.00. The molecule has 1 aliphatic rings. The molecular formula is C19H22N2O2S2. The van der Waals surface area contributed by atoms with E-state index in [9.17, 15) is 9.59 Å². The summed E-state index contributed by atoms with van der Waals surface area (Å²) < 4.78 is 0. The van der Waals surface area contributed by atoms with Crippen molar-refractivity contribution in [1.29, 1.82) is 0 Å². The summed E-state index contributed by atoms with van der Waals surface area (Å²) in [5.74, 6) is 0.348. The molecule has 0 fully saturated rings. The number of benzene rings is 1. The Hall–Kier alpha value is -1.79. The number of carbonyl (C=O) groups is 2. The summed E-state index contributed by atoms with van der Waals surface area (Å²) in [5.41, 5.74) is 8.33. The van der Waals surface area contributed by atoms with Crippen molar-refractivity contribution in [3.8, 4) is 0 Å². The second-order valence-corrected chi connectivity index (χ2v) is 8.72. The first-order valence-corrected chi connectivity index (χ1v) is 10.2. The van der Waals surface area contributed by atoms with Crippen LogP contribution < -0.4 is 11.1 Å². The summed E-state index contributed by atoms with van der Waals surface area (Å²) in [4.78, 5) is 26.5. The Morgan fingerprint density at radius 2 is 2.04 bits per heavy atom. The van der Waals surface area contributed by atoms with Crippen LogP contribution in [-0.2, 0) is 17.6 Å². The Labute approximate surface area is 156 Å². The van der Waals surface area contributed by atoms with Crippen molar-refractivity contribution in [2.45, 2.75) is 38.0 Å². The van der Waals surface area contributed by atoms with Crippen molar-refractivity contribution in [3.63, 3.8) is 0 Å². The fourth-order valence-corrected chi connectivity index (χ4v) is 5.18. The van der Waals surface area contributed by atoms with Crippen LogP contribution >= 0.6 is 23.1 Å². The van der Waals surface area contributed by atoms with Crippen LogP contribution in [0.25, 0.3) is 0 Å². The number of aryl methyl sites for hydroxylation is 1. The van der Waals surface area contributed by atoms with Gasteiger partial charge in [0.15, 0.2) is 0 Å². The second-order valence-electron chi connectivity index (χ2n) is 6.57. The summed E-state index contributed by atoms with van der Waals surface area (Å²) in [7, 11) is 0. The second kappa shape index (κ2) is 7.62. The summed E-state index contributed by atoms with van der Waals surface area (Å²) in [5, 5.41) is 3.52. The number of carbonyl (C=O) groups excluding carboxylic acids is 2. The van der Waals surface area contributed by atoms with Gasteiger partial charge in [-0.2, -0.15) is 0 Å². The topological polar surface area (TPSA) is 72.2 Å². The van der Waals surface area contributed by atoms with Gasteiger partial charge in [0.25, 0.3) is 5.91 Å². The minimum Gasteiger partial charge on any atom is -0.365 e. The van der Waals surface area contributed by atoms with Crippen LogP contribution in [0.5, 0.6) is 0 Å². The SMILES string of the molecule is Cc1ccc(SCC(=O)Nc2sc3c(c2C(N)=O)CC[C@H](C)C3)cc1. The van der Waals surface area contributed by atoms with Gasteiger partial charge in [-0.1, -0.05) is 24.6 Å². The van der Waals surface area contributed by atoms with E-state index in [2.05, 4.69) is 12.2 Å². The molecule has 1 aromatic heterocycles. The molecule has 1 atom stereocenters. The maximum Gasteiger partial charge on any atom is 0.251 e. The van der Waals surface area contributed by atoms with Crippen molar-refractivity contribution in [3.05, 3.63) is 45.8 Å². The molecule has 25 heavy (non-hydrogen) atoms. The number of nitrogens with one attached hydrogen (secondary N) is 1. The molecule has 3 N–H and O–H groups in total. The first-order chi connectivity index (χ1) is 11.9. The standard InChI is InChI=1S/C19H22N2O2S2/c1-11-3-6-13(7-4-11)24-10-16(22)21-19-17(18(20)23)14-8-5-12(2)9-15(14)25-19/h3-4,6-7,12H,5,8-10H2,1-2H3,(H2,20,23)(H,21,22)/t12-/m0/s1. The van der Waals surface area contributed by atoms with Gasteiger partial charge in [-0.15, -0.1) is 23.1 Å². The van der Waals surface area contributed by atoms with E-state index in [1.807, 2.05) is 31.2 Å². The normalized spacial score (nSPS) is 16.3. The molecule has 1 aromatic carbocycles. The highest BCUT2D eigenvalue weighted by Gasteiger charge is 2.27. The van der Waals surface area contributed by atoms with Gasteiger partial charge < -0.3 is 11.1 Å². The number of nitrogens with two attached hydrogens (primary N) is 1. The molecule has 2 amide bonds. The molecule has 0 aliphatic heterocycles. The molecule has 0 saturated heterocycles. The van der Waals surface area contributed by atoms with Gasteiger partial charge in [-0.25, -0.2) is 0 Å². The lowest BCUT2D eigenvalue weighted by Gasteiger charge is -2.18. The van der Waals surface area contributed by atoms with Gasteiger partial charge in [0.05, 0.1) is 11.3 Å². The van der Waals surface area contributed by atoms with Crippen molar-refractivity contribution < 1.29 is 9.59 Å². The fourth-order valence-electron chi connectivity index (χ4n) is 3.05. The maximum absolute atomic E-state index is 12.3. The Balaban J connectivity index is 1.70. The largest absolute Gasteiger partial charge is 0.365 e. The van der Waals surface area contributed by atoms with E-state index >= 15 is 0 Å². The van der Waals surface area contributed by atoms with Crippen LogP contribution in [0.15, 0.2) is 29.2 Å². The van der Waals surface area contributed by atoms with Gasteiger partial charge in [0.1, 0.15) is 5.00 Å². The number of hydrogen-bond donors (Lipinski definition) is 2. The number of anilines is 1. The third-order valence-electron chi connectivity index (χ3n) is 4.40. The number of hydrogen-bond acceptors (Lipinski definition) is 4. The highest BCUT2D eigenvalue weighted by Crippen LogP contribution is 2.39. The maximum atomic E-state index is 12.3. The molecule has 0 radical (unpaired) electrons. The smallest absolute Gasteiger partial charge is 0.251 e. The summed E-state index contributed by atoms with van der Waals surface area (Å²) in [6, 6.07) is 8.07. The summed E-state index contributed by atoms with van der Waals surface area (Å²) in [6.45, 7) is 4.25. The van der Waals surface area contributed by atoms with Crippen LogP contribution in [0.4, 0.5) is 5.00 Å². The Bertz CT molecular complexity index is 797. The third-order valence-corrected chi connectivity index (χ3v) is 6.58. The minimum atomic E-state index is -0.450. The Kier molecular flexibility index (Phi) is 5.49. The fraction of sp³-hybridized carbons (Fsp3) is 0.368. The zero-order valence-corrected chi connectivity index (χ0v) is 16.1. The zero-order chi connectivity index (χ0) is 18.0. The Morgan fingerprint density at radius 1 is 1.32 bits per heavy atom. The summed E-state index contributed by atoms with van der Waals surface area (Å²) in [6.07, 6.45) is 2.87. The first-order valence-electron chi connectivity index (χ1n) is 8.37. The molecule has 3 rings (SSSR count). The van der Waals surface area contributed by atoms with Crippen LogP contribution in [0.2, 0.25) is 0 Å². The van der Waals surface area contributed by atoms with E-state index < -0.39 is 5.91 Å². The molecule has 1 aliphatic carbocycles. The monoisotopic (exact) mass is 374 g/mol. The van der Waals surface area contributed by atoms with Gasteiger partial charge in [0, 0.05) is 9.77 Å². The highest BCUT2D eigenvalue weighted by atomic mass is 32.2. The van der Waals surface area contributed by atoms with E-state index in [1.165, 1.54) is 33.5 Å². The average Bonchev–Trinajstić information content (AvgIpc) is 2.91. The third kappa shape index (κ3) is 4.25. The predicted molar refractivity (Wildman–Crippen MR) is 105 cm³/mol. The van der Waals surface area contributed by atoms with Crippen LogP contribution in [0.3, 0.4) is 0 Å². The lowest BCUT2D eigenvalue weighted by atomic mass is 9.88. The molecule has 0 spiro atoms. The van der Waals surface area contributed by atoms with E-state index in [0.29, 0.717) is 22.2 Å². The quantitative estimate of drug-likeness (QED) is 0.777. The van der Waals surface area contributed by atoms with Crippen molar-refractivity contribution in [2.75, 3.05) is 11.1 Å². The zero-order valence-electron chi connectivity index (χ0n) is 14.4. The molecular weight excluding hydrogens is 352 g/mol. The number of primary amides is 1. The van der Waals surface area contributed by atoms with Crippen LogP contribution in [-0.4, -0.2) is 17.6 Å². The van der Waals surface area contributed by atoms with E-state index in [-0.39, 0.29) is 5.91 Å². The van der Waals surface area contributed by atoms with E-state index in [4.69, 9.17) is 5.73 Å². The van der Waals surface area contributed by atoms with E-state index in [0.717, 1.165) is 29.7 Å². The Morgan fingerprint density at radius 3 is 2.72 bits per heavy atom. The van der Waals surface area contributed by atoms with Crippen LogP contribution in [0, 0.1) is 12.8 Å². The average molecular weight is 375 g/mol. The van der Waals surface area contributed by atoms with Crippen molar-refractivity contribution >= 4 is 39.9 Å². The number of rotatable bonds is 5. The van der Waals surface area contributed by atoms with Gasteiger partial charge in [-0.3, -0.25) is 9.59 Å². The van der Waals surface area contributed by atoms with Gasteiger partial charge in [0.2, 0.25) is 5.91 Å². The van der Waals surface area contributed by atoms with Gasteiger partial charge >= 0.3 is 0 Å². The predicted octanol–water partition coefficient (Wildman–Crippen LogP) is 4.01. The molecule has 132 valence electrons. The lowest BCUT2D eigenvalue weighted by Crippen LogP contribution is -2.20. The molecule has 0 saturated carbocycles. The van der Waals surface area contributed by atoms with Gasteiger partial charge in [-0.05, 0) is 49.8 Å². The molecule has 4 nitrogen and oxygen atoms in total. The van der Waals surface area contributed by atoms with Crippen LogP contribution in [0.1, 0.15) is 39.7 Å². The van der Waals surface area contributed by atoms with Crippen molar-refractivity contribution in [1.82, 2.24) is 0 Å². The molecule has 2 aromatic rings. The molecule has 0 bridgehead atoms. The number of thioether (sulfide) groups is 1. The molecule has 0 unspecified atom stereocenters. The van der Waals surface area contributed by atoms with E-state index in [1.54, 1.807) is 0 Å². The number of amides is 2. The van der Waals surface area contributed by atoms with Crippen molar-refractivity contribution in [2.24, 2.45) is 11.7 Å².